The molecule has 0 fully saturated rings. The average Bonchev–Trinajstić information content (AvgIpc) is 2.79. The van der Waals surface area contributed by atoms with Crippen LogP contribution in [-0.4, -0.2) is 24.2 Å². The third-order valence-corrected chi connectivity index (χ3v) is 2.66. The molecule has 0 radical (unpaired) electrons. The van der Waals surface area contributed by atoms with Crippen LogP contribution in [0.25, 0.3) is 0 Å². The number of hydrazone groups is 2. The molecule has 0 aromatic heterocycles. The van der Waals surface area contributed by atoms with E-state index in [1.165, 1.54) is 18.2 Å². The maximum absolute atomic E-state index is 13.4. The van der Waals surface area contributed by atoms with E-state index < -0.39 is 23.5 Å². The number of carbonyl (C=O) groups is 2. The third-order valence-electron chi connectivity index (χ3n) is 2.33. The molecule has 0 bridgehead atoms. The van der Waals surface area contributed by atoms with Gasteiger partial charge in [-0.05, 0) is 12.1 Å². The number of amides is 2. The number of hydrogen-bond acceptors (Lipinski definition) is 4. The van der Waals surface area contributed by atoms with Crippen LogP contribution in [0.3, 0.4) is 0 Å². The summed E-state index contributed by atoms with van der Waals surface area (Å²) >= 11 is 5.77. The van der Waals surface area contributed by atoms with Crippen LogP contribution < -0.4 is 10.9 Å². The van der Waals surface area contributed by atoms with Crippen LogP contribution in [0.1, 0.15) is 5.56 Å². The molecule has 2 rings (SSSR count). The summed E-state index contributed by atoms with van der Waals surface area (Å²) in [4.78, 5) is 22.6. The number of nitrogens with one attached hydrogen (secondary N) is 2. The molecular weight excluding hydrogens is 275 g/mol. The highest BCUT2D eigenvalue weighted by Crippen LogP contribution is 2.16. The van der Waals surface area contributed by atoms with Gasteiger partial charge in [0.15, 0.2) is 5.92 Å². The minimum atomic E-state index is -1.03. The molecule has 2 amide bonds. The lowest BCUT2D eigenvalue weighted by atomic mass is 10.1. The van der Waals surface area contributed by atoms with Crippen LogP contribution in [0.15, 0.2) is 28.4 Å². The zero-order valence-electron chi connectivity index (χ0n) is 9.43. The van der Waals surface area contributed by atoms with E-state index >= 15 is 0 Å². The van der Waals surface area contributed by atoms with Gasteiger partial charge in [-0.25, -0.2) is 15.2 Å². The fourth-order valence-electron chi connectivity index (χ4n) is 1.36. The standard InChI is InChI=1S/C11H8ClFN4O2/c12-8-2-1-3-9(13)6(8)4-14-16-10(18)7-5-15-17-11(7)19/h1-5,7H,(H,16,18)(H,17,19)/b14-4-/t7-/m0/s1. The van der Waals surface area contributed by atoms with Gasteiger partial charge < -0.3 is 0 Å². The van der Waals surface area contributed by atoms with Crippen molar-refractivity contribution in [2.45, 2.75) is 0 Å². The predicted molar refractivity (Wildman–Crippen MR) is 67.3 cm³/mol. The van der Waals surface area contributed by atoms with Gasteiger partial charge in [-0.1, -0.05) is 17.7 Å². The number of rotatable bonds is 3. The third kappa shape index (κ3) is 2.94. The fraction of sp³-hybridized carbons (Fsp3) is 0.0909. The number of halogens is 2. The Balaban J connectivity index is 2.02. The Hall–Kier alpha value is -2.28. The highest BCUT2D eigenvalue weighted by atomic mass is 35.5. The molecule has 6 nitrogen and oxygen atoms in total. The zero-order chi connectivity index (χ0) is 13.8. The normalized spacial score (nSPS) is 17.8. The summed E-state index contributed by atoms with van der Waals surface area (Å²) in [6.45, 7) is 0. The average molecular weight is 283 g/mol. The van der Waals surface area contributed by atoms with E-state index in [0.717, 1.165) is 12.4 Å². The van der Waals surface area contributed by atoms with Gasteiger partial charge in [0, 0.05) is 11.8 Å². The van der Waals surface area contributed by atoms with Crippen molar-refractivity contribution in [3.05, 3.63) is 34.6 Å². The van der Waals surface area contributed by atoms with Crippen molar-refractivity contribution >= 4 is 35.8 Å². The molecule has 19 heavy (non-hydrogen) atoms. The van der Waals surface area contributed by atoms with Crippen LogP contribution in [0.2, 0.25) is 5.02 Å². The SMILES string of the molecule is O=C1NN=C[C@H]1C(=O)N/N=C\c1c(F)cccc1Cl. The molecule has 1 aliphatic heterocycles. The topological polar surface area (TPSA) is 82.9 Å². The molecule has 1 aromatic rings. The molecule has 0 spiro atoms. The second-order valence-corrected chi connectivity index (χ2v) is 4.01. The first-order chi connectivity index (χ1) is 9.09. The van der Waals surface area contributed by atoms with Crippen molar-refractivity contribution < 1.29 is 14.0 Å². The highest BCUT2D eigenvalue weighted by Gasteiger charge is 2.28. The van der Waals surface area contributed by atoms with Crippen molar-refractivity contribution in [1.29, 1.82) is 0 Å². The summed E-state index contributed by atoms with van der Waals surface area (Å²) in [5.41, 5.74) is 4.27. The summed E-state index contributed by atoms with van der Waals surface area (Å²) < 4.78 is 13.4. The fourth-order valence-corrected chi connectivity index (χ4v) is 1.58. The van der Waals surface area contributed by atoms with E-state index in [1.807, 2.05) is 0 Å². The highest BCUT2D eigenvalue weighted by molar-refractivity contribution is 6.33. The van der Waals surface area contributed by atoms with Gasteiger partial charge in [0.05, 0.1) is 11.2 Å². The van der Waals surface area contributed by atoms with Gasteiger partial charge in [-0.2, -0.15) is 10.2 Å². The predicted octanol–water partition coefficient (Wildman–Crippen LogP) is 0.661. The van der Waals surface area contributed by atoms with Crippen LogP contribution in [-0.2, 0) is 9.59 Å². The molecule has 0 unspecified atom stereocenters. The summed E-state index contributed by atoms with van der Waals surface area (Å²) in [6, 6.07) is 4.16. The Kier molecular flexibility index (Phi) is 3.86. The largest absolute Gasteiger partial charge is 0.272 e. The first-order valence-corrected chi connectivity index (χ1v) is 5.57. The maximum Gasteiger partial charge on any atom is 0.258 e. The summed E-state index contributed by atoms with van der Waals surface area (Å²) in [5, 5.41) is 7.16. The lowest BCUT2D eigenvalue weighted by molar-refractivity contribution is -0.131. The van der Waals surface area contributed by atoms with Crippen LogP contribution in [0.4, 0.5) is 4.39 Å². The van der Waals surface area contributed by atoms with Gasteiger partial charge in [-0.3, -0.25) is 9.59 Å². The summed E-state index contributed by atoms with van der Waals surface area (Å²) in [6.07, 6.45) is 2.23. The smallest absolute Gasteiger partial charge is 0.258 e. The lowest BCUT2D eigenvalue weighted by Gasteiger charge is -2.02. The molecule has 1 aliphatic rings. The molecule has 8 heteroatoms. The monoisotopic (exact) mass is 282 g/mol. The van der Waals surface area contributed by atoms with Gasteiger partial charge in [0.25, 0.3) is 11.8 Å². The van der Waals surface area contributed by atoms with Crippen LogP contribution >= 0.6 is 11.6 Å². The van der Waals surface area contributed by atoms with Crippen LogP contribution in [0, 0.1) is 11.7 Å². The second-order valence-electron chi connectivity index (χ2n) is 3.60. The van der Waals surface area contributed by atoms with Crippen molar-refractivity contribution in [3.63, 3.8) is 0 Å². The molecule has 98 valence electrons. The Morgan fingerprint density at radius 3 is 3.00 bits per heavy atom. The van der Waals surface area contributed by atoms with E-state index in [-0.39, 0.29) is 10.6 Å². The van der Waals surface area contributed by atoms with E-state index in [0.29, 0.717) is 0 Å². The first-order valence-electron chi connectivity index (χ1n) is 5.19. The van der Waals surface area contributed by atoms with Crippen LogP contribution in [0.5, 0.6) is 0 Å². The van der Waals surface area contributed by atoms with Crippen molar-refractivity contribution in [3.8, 4) is 0 Å². The maximum atomic E-state index is 13.4. The second kappa shape index (κ2) is 5.57. The number of benzene rings is 1. The molecule has 0 saturated carbocycles. The summed E-state index contributed by atoms with van der Waals surface area (Å²) in [7, 11) is 0. The molecule has 0 saturated heterocycles. The van der Waals surface area contributed by atoms with Gasteiger partial charge in [0.2, 0.25) is 0 Å². The summed E-state index contributed by atoms with van der Waals surface area (Å²) in [5.74, 6) is -2.81. The van der Waals surface area contributed by atoms with Crippen molar-refractivity contribution in [1.82, 2.24) is 10.9 Å². The zero-order valence-corrected chi connectivity index (χ0v) is 10.2. The first kappa shape index (κ1) is 13.2. The number of carbonyl (C=O) groups excluding carboxylic acids is 2. The Morgan fingerprint density at radius 2 is 2.37 bits per heavy atom. The minimum absolute atomic E-state index is 0.0500. The quantitative estimate of drug-likeness (QED) is 0.485. The molecule has 2 N–H and O–H groups in total. The van der Waals surface area contributed by atoms with E-state index in [9.17, 15) is 14.0 Å². The Morgan fingerprint density at radius 1 is 1.58 bits per heavy atom. The molecule has 0 aliphatic carbocycles. The van der Waals surface area contributed by atoms with E-state index in [4.69, 9.17) is 11.6 Å². The van der Waals surface area contributed by atoms with E-state index in [1.54, 1.807) is 0 Å². The van der Waals surface area contributed by atoms with Gasteiger partial charge in [0.1, 0.15) is 5.82 Å². The number of nitrogens with zero attached hydrogens (tertiary/aromatic N) is 2. The van der Waals surface area contributed by atoms with Crippen molar-refractivity contribution in [2.24, 2.45) is 16.1 Å². The molecular formula is C11H8ClFN4O2. The Bertz CT molecular complexity index is 568. The minimum Gasteiger partial charge on any atom is -0.272 e. The molecule has 1 heterocycles. The lowest BCUT2D eigenvalue weighted by Crippen LogP contribution is -2.34. The molecule has 1 aromatic carbocycles. The van der Waals surface area contributed by atoms with Crippen molar-refractivity contribution in [2.75, 3.05) is 0 Å². The molecule has 1 atom stereocenters. The number of hydrogen-bond donors (Lipinski definition) is 2. The van der Waals surface area contributed by atoms with E-state index in [2.05, 4.69) is 21.1 Å². The Labute approximate surface area is 112 Å². The van der Waals surface area contributed by atoms with Gasteiger partial charge >= 0.3 is 0 Å². The van der Waals surface area contributed by atoms with Gasteiger partial charge in [-0.15, -0.1) is 0 Å².